The van der Waals surface area contributed by atoms with Gasteiger partial charge in [-0.3, -0.25) is 19.2 Å². The van der Waals surface area contributed by atoms with E-state index in [0.29, 0.717) is 31.6 Å². The van der Waals surface area contributed by atoms with E-state index < -0.39 is 17.7 Å². The Balaban J connectivity index is 0.00000304. The van der Waals surface area contributed by atoms with Crippen molar-refractivity contribution in [3.05, 3.63) is 52.8 Å². The Labute approximate surface area is 213 Å². The molecule has 196 valence electrons. The predicted molar refractivity (Wildman–Crippen MR) is 129 cm³/mol. The van der Waals surface area contributed by atoms with Crippen LogP contribution in [0, 0.1) is 0 Å². The molecule has 2 saturated heterocycles. The van der Waals surface area contributed by atoms with Gasteiger partial charge in [-0.1, -0.05) is 18.2 Å². The van der Waals surface area contributed by atoms with Crippen molar-refractivity contribution in [3.8, 4) is 0 Å². The summed E-state index contributed by atoms with van der Waals surface area (Å²) < 4.78 is 42.5. The van der Waals surface area contributed by atoms with E-state index in [1.165, 1.54) is 12.1 Å². The fourth-order valence-electron chi connectivity index (χ4n) is 5.58. The fraction of sp³-hybridized carbons (Fsp3) is 0.560. The maximum absolute atomic E-state index is 13.5. The van der Waals surface area contributed by atoms with E-state index in [9.17, 15) is 22.8 Å². The number of alkyl halides is 3. The van der Waals surface area contributed by atoms with Crippen LogP contribution in [-0.4, -0.2) is 69.3 Å². The van der Waals surface area contributed by atoms with Gasteiger partial charge in [-0.05, 0) is 43.7 Å². The van der Waals surface area contributed by atoms with Crippen LogP contribution in [0.2, 0.25) is 0 Å². The van der Waals surface area contributed by atoms with Crippen LogP contribution in [0.3, 0.4) is 0 Å². The monoisotopic (exact) mass is 526 g/mol. The summed E-state index contributed by atoms with van der Waals surface area (Å²) in [5.41, 5.74) is 1.12. The van der Waals surface area contributed by atoms with Crippen LogP contribution in [0.4, 0.5) is 13.2 Å². The Bertz CT molecular complexity index is 1110. The van der Waals surface area contributed by atoms with Gasteiger partial charge in [0.25, 0.3) is 5.91 Å². The molecular weight excluding hydrogens is 497 g/mol. The summed E-state index contributed by atoms with van der Waals surface area (Å²) in [5.74, 6) is -1.07. The second-order valence-electron chi connectivity index (χ2n) is 9.89. The van der Waals surface area contributed by atoms with Crippen LogP contribution in [0.25, 0.3) is 0 Å². The average molecular weight is 527 g/mol. The molecule has 0 bridgehead atoms. The van der Waals surface area contributed by atoms with Gasteiger partial charge in [-0.2, -0.15) is 18.3 Å². The molecule has 1 atom stereocenters. The van der Waals surface area contributed by atoms with Crippen LogP contribution < -0.4 is 0 Å². The smallest absolute Gasteiger partial charge is 0.416 e. The third-order valence-corrected chi connectivity index (χ3v) is 7.47. The zero-order chi connectivity index (χ0) is 24.7. The van der Waals surface area contributed by atoms with Crippen molar-refractivity contribution in [3.63, 3.8) is 0 Å². The summed E-state index contributed by atoms with van der Waals surface area (Å²) in [4.78, 5) is 28.1. The Hall–Kier alpha value is -2.59. The van der Waals surface area contributed by atoms with Gasteiger partial charge >= 0.3 is 12.1 Å². The molecule has 1 aliphatic carbocycles. The number of aliphatic carboxylic acids is 1. The van der Waals surface area contributed by atoms with Crippen LogP contribution >= 0.6 is 12.4 Å². The Kier molecular flexibility index (Phi) is 7.66. The molecule has 11 heteroatoms. The van der Waals surface area contributed by atoms with E-state index in [1.807, 2.05) is 9.58 Å². The molecule has 2 aromatic rings. The van der Waals surface area contributed by atoms with Gasteiger partial charge in [0, 0.05) is 38.0 Å². The average Bonchev–Trinajstić information content (AvgIpc) is 3.37. The summed E-state index contributed by atoms with van der Waals surface area (Å²) in [6, 6.07) is 5.75. The molecule has 36 heavy (non-hydrogen) atoms. The molecule has 1 aromatic carbocycles. The van der Waals surface area contributed by atoms with Crippen molar-refractivity contribution < 1.29 is 27.9 Å². The van der Waals surface area contributed by atoms with Gasteiger partial charge in [0.2, 0.25) is 0 Å². The summed E-state index contributed by atoms with van der Waals surface area (Å²) in [6.45, 7) is 2.03. The second kappa shape index (κ2) is 10.4. The number of hydrogen-bond acceptors (Lipinski definition) is 4. The van der Waals surface area contributed by atoms with Crippen molar-refractivity contribution in [2.24, 2.45) is 0 Å². The highest BCUT2D eigenvalue weighted by Gasteiger charge is 2.40. The molecule has 1 aromatic heterocycles. The SMILES string of the molecule is Cl.O=C(O)CN1CCC(n2ncc(C(=O)N3CC[C@@H](c4ccccc4C(F)(F)F)C3)c2C2CC2)CC1. The zero-order valence-corrected chi connectivity index (χ0v) is 20.6. The fourth-order valence-corrected chi connectivity index (χ4v) is 5.58. The number of nitrogens with zero attached hydrogens (tertiary/aromatic N) is 4. The maximum atomic E-state index is 13.5. The van der Waals surface area contributed by atoms with Crippen LogP contribution in [0.5, 0.6) is 0 Å². The first-order valence-corrected chi connectivity index (χ1v) is 12.2. The lowest BCUT2D eigenvalue weighted by atomic mass is 9.93. The molecule has 7 nitrogen and oxygen atoms in total. The summed E-state index contributed by atoms with van der Waals surface area (Å²) in [7, 11) is 0. The van der Waals surface area contributed by atoms with Crippen LogP contribution in [0.1, 0.15) is 77.2 Å². The number of halogens is 4. The van der Waals surface area contributed by atoms with Gasteiger partial charge < -0.3 is 10.0 Å². The Morgan fingerprint density at radius 3 is 2.33 bits per heavy atom. The molecule has 0 unspecified atom stereocenters. The predicted octanol–water partition coefficient (Wildman–Crippen LogP) is 4.55. The lowest BCUT2D eigenvalue weighted by molar-refractivity contribution is -0.139. The number of hydrogen-bond donors (Lipinski definition) is 1. The van der Waals surface area contributed by atoms with Gasteiger partial charge in [0.05, 0.1) is 35.6 Å². The highest BCUT2D eigenvalue weighted by Crippen LogP contribution is 2.44. The number of carboxylic acid groups (broad SMARTS) is 1. The normalized spacial score (nSPS) is 21.4. The number of amides is 1. The first-order chi connectivity index (χ1) is 16.7. The van der Waals surface area contributed by atoms with Gasteiger partial charge in [-0.25, -0.2) is 0 Å². The molecule has 0 spiro atoms. The molecule has 0 radical (unpaired) electrons. The standard InChI is InChI=1S/C25H29F3N4O3.ClH/c26-25(27,28)21-4-2-1-3-19(21)17-7-12-31(14-17)24(35)20-13-29-32(23(20)16-5-6-16)18-8-10-30(11-9-18)15-22(33)34;/h1-4,13,16-18H,5-12,14-15H2,(H,33,34);1H/t17-;/m1./s1. The maximum Gasteiger partial charge on any atom is 0.416 e. The number of carbonyl (C=O) groups excluding carboxylic acids is 1. The highest BCUT2D eigenvalue weighted by atomic mass is 35.5. The number of rotatable bonds is 6. The van der Waals surface area contributed by atoms with Crippen LogP contribution in [-0.2, 0) is 11.0 Å². The molecule has 1 N–H and O–H groups in total. The number of aromatic nitrogens is 2. The highest BCUT2D eigenvalue weighted by molar-refractivity contribution is 5.95. The van der Waals surface area contributed by atoms with E-state index in [0.717, 1.165) is 37.4 Å². The third-order valence-electron chi connectivity index (χ3n) is 7.47. The molecule has 5 rings (SSSR count). The molecule has 1 amide bonds. The third kappa shape index (κ3) is 5.39. The number of piperidine rings is 1. The summed E-state index contributed by atoms with van der Waals surface area (Å²) >= 11 is 0. The van der Waals surface area contributed by atoms with E-state index >= 15 is 0 Å². The van der Waals surface area contributed by atoms with E-state index in [1.54, 1.807) is 17.2 Å². The minimum Gasteiger partial charge on any atom is -0.480 e. The molecule has 1 saturated carbocycles. The minimum atomic E-state index is -4.42. The van der Waals surface area contributed by atoms with Crippen molar-refractivity contribution in [2.75, 3.05) is 32.7 Å². The lowest BCUT2D eigenvalue weighted by Gasteiger charge is -2.32. The largest absolute Gasteiger partial charge is 0.480 e. The molecule has 2 aliphatic heterocycles. The Morgan fingerprint density at radius 2 is 1.69 bits per heavy atom. The molecule has 3 heterocycles. The van der Waals surface area contributed by atoms with Crippen molar-refractivity contribution in [2.45, 2.75) is 56.2 Å². The van der Waals surface area contributed by atoms with Gasteiger partial charge in [-0.15, -0.1) is 12.4 Å². The van der Waals surface area contributed by atoms with E-state index in [4.69, 9.17) is 5.11 Å². The van der Waals surface area contributed by atoms with Crippen LogP contribution in [0.15, 0.2) is 30.5 Å². The van der Waals surface area contributed by atoms with Gasteiger partial charge in [0.15, 0.2) is 0 Å². The topological polar surface area (TPSA) is 78.7 Å². The van der Waals surface area contributed by atoms with Crippen molar-refractivity contribution in [1.29, 1.82) is 0 Å². The second-order valence-corrected chi connectivity index (χ2v) is 9.89. The first kappa shape index (κ1) is 26.5. The van der Waals surface area contributed by atoms with E-state index in [2.05, 4.69) is 5.10 Å². The lowest BCUT2D eigenvalue weighted by Crippen LogP contribution is -2.38. The van der Waals surface area contributed by atoms with Crippen molar-refractivity contribution >= 4 is 24.3 Å². The minimum absolute atomic E-state index is 0. The number of likely N-dealkylation sites (tertiary alicyclic amines) is 2. The summed E-state index contributed by atoms with van der Waals surface area (Å²) in [5, 5.41) is 13.6. The quantitative estimate of drug-likeness (QED) is 0.597. The number of benzene rings is 1. The Morgan fingerprint density at radius 1 is 1.00 bits per heavy atom. The van der Waals surface area contributed by atoms with Crippen molar-refractivity contribution in [1.82, 2.24) is 19.6 Å². The first-order valence-electron chi connectivity index (χ1n) is 12.2. The molecule has 3 fully saturated rings. The molecular formula is C25H30ClF3N4O3. The molecule has 3 aliphatic rings. The van der Waals surface area contributed by atoms with E-state index in [-0.39, 0.29) is 54.8 Å². The van der Waals surface area contributed by atoms with Gasteiger partial charge in [0.1, 0.15) is 0 Å². The number of carboxylic acids is 1. The zero-order valence-electron chi connectivity index (χ0n) is 19.8. The number of carbonyl (C=O) groups is 2. The summed E-state index contributed by atoms with van der Waals surface area (Å²) in [6.07, 6.45) is 1.21.